The first-order valence-corrected chi connectivity index (χ1v) is 5.62. The van der Waals surface area contributed by atoms with Gasteiger partial charge >= 0.3 is 0 Å². The molecule has 1 aliphatic heterocycles. The summed E-state index contributed by atoms with van der Waals surface area (Å²) in [5, 5.41) is 2.98. The number of aryl methyl sites for hydroxylation is 1. The highest BCUT2D eigenvalue weighted by Crippen LogP contribution is 2.27. The summed E-state index contributed by atoms with van der Waals surface area (Å²) in [6.07, 6.45) is 0.103. The van der Waals surface area contributed by atoms with Crippen LogP contribution in [0.2, 0.25) is 0 Å². The molecular weight excluding hydrogens is 196 g/mol. The van der Waals surface area contributed by atoms with E-state index >= 15 is 0 Å². The highest BCUT2D eigenvalue weighted by molar-refractivity contribution is 7.12. The van der Waals surface area contributed by atoms with E-state index in [1.54, 1.807) is 11.3 Å². The molecule has 0 bridgehead atoms. The van der Waals surface area contributed by atoms with E-state index in [-0.39, 0.29) is 12.1 Å². The zero-order valence-corrected chi connectivity index (χ0v) is 9.23. The third-order valence-corrected chi connectivity index (χ3v) is 3.50. The highest BCUT2D eigenvalue weighted by atomic mass is 32.1. The molecule has 0 saturated carbocycles. The van der Waals surface area contributed by atoms with Crippen molar-refractivity contribution in [1.29, 1.82) is 0 Å². The molecule has 0 unspecified atom stereocenters. The Morgan fingerprint density at radius 2 is 2.43 bits per heavy atom. The van der Waals surface area contributed by atoms with Gasteiger partial charge in [-0.05, 0) is 25.6 Å². The predicted octanol–water partition coefficient (Wildman–Crippen LogP) is 1.51. The van der Waals surface area contributed by atoms with Gasteiger partial charge in [0.15, 0.2) is 0 Å². The Morgan fingerprint density at radius 3 is 3.00 bits per heavy atom. The zero-order valence-electron chi connectivity index (χ0n) is 8.41. The molecule has 4 heteroatoms. The van der Waals surface area contributed by atoms with Gasteiger partial charge in [-0.3, -0.25) is 9.69 Å². The summed E-state index contributed by atoms with van der Waals surface area (Å²) in [4.78, 5) is 15.9. The van der Waals surface area contributed by atoms with E-state index in [2.05, 4.69) is 36.2 Å². The van der Waals surface area contributed by atoms with Crippen LogP contribution in [0, 0.1) is 6.92 Å². The minimum absolute atomic E-state index is 0.103. The number of carbonyl (C=O) groups excluding carboxylic acids is 1. The highest BCUT2D eigenvalue weighted by Gasteiger charge is 2.30. The van der Waals surface area contributed by atoms with Gasteiger partial charge in [0.25, 0.3) is 0 Å². The number of rotatable bonds is 2. The van der Waals surface area contributed by atoms with Crippen LogP contribution in [0.5, 0.6) is 0 Å². The van der Waals surface area contributed by atoms with Crippen molar-refractivity contribution < 1.29 is 4.79 Å². The van der Waals surface area contributed by atoms with Crippen LogP contribution in [0.1, 0.15) is 22.8 Å². The SMILES string of the molecule is CCN1CC(=O)N[C@H]1c1ccc(C)s1. The molecule has 0 aliphatic carbocycles. The Balaban J connectivity index is 2.21. The quantitative estimate of drug-likeness (QED) is 0.802. The van der Waals surface area contributed by atoms with Crippen molar-refractivity contribution in [2.24, 2.45) is 0 Å². The van der Waals surface area contributed by atoms with E-state index in [1.165, 1.54) is 9.75 Å². The molecule has 2 heterocycles. The second kappa shape index (κ2) is 3.71. The lowest BCUT2D eigenvalue weighted by atomic mass is 10.3. The van der Waals surface area contributed by atoms with Crippen LogP contribution < -0.4 is 5.32 Å². The third-order valence-electron chi connectivity index (χ3n) is 2.45. The summed E-state index contributed by atoms with van der Waals surface area (Å²) in [6.45, 7) is 5.59. The summed E-state index contributed by atoms with van der Waals surface area (Å²) < 4.78 is 0. The van der Waals surface area contributed by atoms with Crippen LogP contribution in [0.25, 0.3) is 0 Å². The lowest BCUT2D eigenvalue weighted by Crippen LogP contribution is -2.26. The lowest BCUT2D eigenvalue weighted by Gasteiger charge is -2.19. The summed E-state index contributed by atoms with van der Waals surface area (Å²) in [7, 11) is 0. The molecule has 0 radical (unpaired) electrons. The van der Waals surface area contributed by atoms with E-state index in [0.717, 1.165) is 6.54 Å². The molecule has 1 aromatic heterocycles. The number of thiophene rings is 1. The summed E-state index contributed by atoms with van der Waals surface area (Å²) in [5.74, 6) is 0.128. The van der Waals surface area contributed by atoms with Crippen LogP contribution in [0.4, 0.5) is 0 Å². The first-order valence-electron chi connectivity index (χ1n) is 4.80. The average molecular weight is 210 g/mol. The van der Waals surface area contributed by atoms with Gasteiger partial charge in [0, 0.05) is 9.75 Å². The molecule has 1 N–H and O–H groups in total. The van der Waals surface area contributed by atoms with E-state index in [9.17, 15) is 4.79 Å². The summed E-state index contributed by atoms with van der Waals surface area (Å²) in [5.41, 5.74) is 0. The summed E-state index contributed by atoms with van der Waals surface area (Å²) in [6, 6.07) is 4.19. The van der Waals surface area contributed by atoms with Crippen molar-refractivity contribution >= 4 is 17.2 Å². The molecule has 1 fully saturated rings. The van der Waals surface area contributed by atoms with Crippen LogP contribution >= 0.6 is 11.3 Å². The molecule has 1 aliphatic rings. The second-order valence-corrected chi connectivity index (χ2v) is 4.80. The smallest absolute Gasteiger partial charge is 0.235 e. The van der Waals surface area contributed by atoms with Crippen molar-refractivity contribution in [3.05, 3.63) is 21.9 Å². The molecule has 76 valence electrons. The zero-order chi connectivity index (χ0) is 10.1. The van der Waals surface area contributed by atoms with Gasteiger partial charge in [-0.15, -0.1) is 11.3 Å². The first kappa shape index (κ1) is 9.68. The largest absolute Gasteiger partial charge is 0.335 e. The van der Waals surface area contributed by atoms with E-state index in [4.69, 9.17) is 0 Å². The van der Waals surface area contributed by atoms with Gasteiger partial charge in [-0.2, -0.15) is 0 Å². The average Bonchev–Trinajstić information content (AvgIpc) is 2.71. The maximum Gasteiger partial charge on any atom is 0.235 e. The molecule has 14 heavy (non-hydrogen) atoms. The maximum atomic E-state index is 11.3. The molecule has 3 nitrogen and oxygen atoms in total. The Hall–Kier alpha value is -0.870. The van der Waals surface area contributed by atoms with E-state index in [0.29, 0.717) is 6.54 Å². The number of carbonyl (C=O) groups is 1. The van der Waals surface area contributed by atoms with Crippen molar-refractivity contribution in [3.8, 4) is 0 Å². The number of hydrogen-bond acceptors (Lipinski definition) is 3. The number of hydrogen-bond donors (Lipinski definition) is 1. The molecular formula is C10H14N2OS. The Morgan fingerprint density at radius 1 is 1.64 bits per heavy atom. The van der Waals surface area contributed by atoms with Gasteiger partial charge in [0.2, 0.25) is 5.91 Å². The first-order chi connectivity index (χ1) is 6.70. The molecule has 0 spiro atoms. The predicted molar refractivity (Wildman–Crippen MR) is 57.2 cm³/mol. The van der Waals surface area contributed by atoms with Crippen LogP contribution in [-0.4, -0.2) is 23.9 Å². The molecule has 2 rings (SSSR count). The van der Waals surface area contributed by atoms with Crippen molar-refractivity contribution in [2.45, 2.75) is 20.0 Å². The fraction of sp³-hybridized carbons (Fsp3) is 0.500. The van der Waals surface area contributed by atoms with E-state index < -0.39 is 0 Å². The van der Waals surface area contributed by atoms with Gasteiger partial charge < -0.3 is 5.32 Å². The number of likely N-dealkylation sites (N-methyl/N-ethyl adjacent to an activating group) is 1. The minimum atomic E-state index is 0.103. The second-order valence-electron chi connectivity index (χ2n) is 3.48. The van der Waals surface area contributed by atoms with Crippen LogP contribution in [0.3, 0.4) is 0 Å². The van der Waals surface area contributed by atoms with Crippen molar-refractivity contribution in [2.75, 3.05) is 13.1 Å². The molecule has 1 saturated heterocycles. The number of nitrogens with zero attached hydrogens (tertiary/aromatic N) is 1. The van der Waals surface area contributed by atoms with Crippen molar-refractivity contribution in [3.63, 3.8) is 0 Å². The van der Waals surface area contributed by atoms with Gasteiger partial charge in [-0.25, -0.2) is 0 Å². The molecule has 0 aromatic carbocycles. The van der Waals surface area contributed by atoms with Gasteiger partial charge in [-0.1, -0.05) is 6.92 Å². The lowest BCUT2D eigenvalue weighted by molar-refractivity contribution is -0.118. The molecule has 1 atom stereocenters. The fourth-order valence-corrected chi connectivity index (χ4v) is 2.67. The molecule has 1 aromatic rings. The third kappa shape index (κ3) is 1.67. The Kier molecular flexibility index (Phi) is 2.56. The molecule has 1 amide bonds. The minimum Gasteiger partial charge on any atom is -0.335 e. The van der Waals surface area contributed by atoms with Gasteiger partial charge in [0.1, 0.15) is 6.17 Å². The van der Waals surface area contributed by atoms with Crippen molar-refractivity contribution in [1.82, 2.24) is 10.2 Å². The maximum absolute atomic E-state index is 11.3. The fourth-order valence-electron chi connectivity index (χ4n) is 1.71. The summed E-state index contributed by atoms with van der Waals surface area (Å²) >= 11 is 1.75. The Bertz CT molecular complexity index is 348. The Labute approximate surface area is 87.7 Å². The van der Waals surface area contributed by atoms with E-state index in [1.807, 2.05) is 0 Å². The normalized spacial score (nSPS) is 22.7. The topological polar surface area (TPSA) is 32.3 Å². The number of nitrogens with one attached hydrogen (secondary N) is 1. The van der Waals surface area contributed by atoms with Crippen LogP contribution in [0.15, 0.2) is 12.1 Å². The standard InChI is InChI=1S/C10H14N2OS/c1-3-12-6-9(13)11-10(12)8-5-4-7(2)14-8/h4-5,10H,3,6H2,1-2H3,(H,11,13)/t10-/m1/s1. The number of amides is 1. The van der Waals surface area contributed by atoms with Gasteiger partial charge in [0.05, 0.1) is 6.54 Å². The van der Waals surface area contributed by atoms with Crippen LogP contribution in [-0.2, 0) is 4.79 Å². The monoisotopic (exact) mass is 210 g/mol.